The van der Waals surface area contributed by atoms with E-state index < -0.39 is 11.6 Å². The number of halogens is 2. The number of aliphatic imine (C=N–C) groups is 1. The van der Waals surface area contributed by atoms with Gasteiger partial charge in [-0.15, -0.1) is 0 Å². The molecule has 1 aliphatic heterocycles. The minimum atomic E-state index is -0.595. The van der Waals surface area contributed by atoms with Gasteiger partial charge in [0.25, 0.3) is 0 Å². The topological polar surface area (TPSA) is 50.9 Å². The number of benzene rings is 1. The summed E-state index contributed by atoms with van der Waals surface area (Å²) in [5.41, 5.74) is 6.29. The molecule has 1 heterocycles. The van der Waals surface area contributed by atoms with Crippen LogP contribution in [0.2, 0.25) is 0 Å². The standard InChI is InChI=1S/C12H15F2N3O/c1-18-3-2-17-11(7-16-12(17)15)8-4-9(13)6-10(14)5-8/h4-6,11H,2-3,7H2,1H3,(H2,15,16). The number of guanidine groups is 1. The number of hydrogen-bond acceptors (Lipinski definition) is 4. The van der Waals surface area contributed by atoms with Gasteiger partial charge in [0.15, 0.2) is 5.96 Å². The van der Waals surface area contributed by atoms with Crippen LogP contribution in [0.3, 0.4) is 0 Å². The van der Waals surface area contributed by atoms with E-state index in [1.165, 1.54) is 12.1 Å². The van der Waals surface area contributed by atoms with E-state index >= 15 is 0 Å². The van der Waals surface area contributed by atoms with Gasteiger partial charge in [0.1, 0.15) is 11.6 Å². The zero-order chi connectivity index (χ0) is 13.1. The van der Waals surface area contributed by atoms with Crippen LogP contribution in [0.1, 0.15) is 11.6 Å². The highest BCUT2D eigenvalue weighted by molar-refractivity contribution is 5.80. The van der Waals surface area contributed by atoms with E-state index in [1.807, 2.05) is 0 Å². The van der Waals surface area contributed by atoms with Crippen LogP contribution >= 0.6 is 0 Å². The summed E-state index contributed by atoms with van der Waals surface area (Å²) in [6.07, 6.45) is 0. The molecule has 98 valence electrons. The van der Waals surface area contributed by atoms with Crippen molar-refractivity contribution in [3.63, 3.8) is 0 Å². The fourth-order valence-electron chi connectivity index (χ4n) is 2.04. The molecule has 2 rings (SSSR count). The maximum Gasteiger partial charge on any atom is 0.192 e. The largest absolute Gasteiger partial charge is 0.383 e. The van der Waals surface area contributed by atoms with Crippen LogP contribution in [-0.4, -0.2) is 37.7 Å². The molecule has 6 heteroatoms. The molecule has 0 aliphatic carbocycles. The molecular weight excluding hydrogens is 240 g/mol. The summed E-state index contributed by atoms with van der Waals surface area (Å²) < 4.78 is 31.4. The summed E-state index contributed by atoms with van der Waals surface area (Å²) in [4.78, 5) is 5.90. The monoisotopic (exact) mass is 255 g/mol. The van der Waals surface area contributed by atoms with Crippen LogP contribution < -0.4 is 5.73 Å². The van der Waals surface area contributed by atoms with Crippen LogP contribution in [0.4, 0.5) is 8.78 Å². The molecule has 0 saturated heterocycles. The number of nitrogens with two attached hydrogens (primary N) is 1. The second kappa shape index (κ2) is 5.30. The van der Waals surface area contributed by atoms with Crippen molar-refractivity contribution >= 4 is 5.96 Å². The van der Waals surface area contributed by atoms with Crippen molar-refractivity contribution in [2.45, 2.75) is 6.04 Å². The van der Waals surface area contributed by atoms with Crippen LogP contribution in [-0.2, 0) is 4.74 Å². The van der Waals surface area contributed by atoms with Crippen LogP contribution in [0, 0.1) is 11.6 Å². The maximum atomic E-state index is 13.2. The first kappa shape index (κ1) is 12.8. The Morgan fingerprint density at radius 2 is 2.06 bits per heavy atom. The predicted octanol–water partition coefficient (Wildman–Crippen LogP) is 1.28. The first-order chi connectivity index (χ1) is 8.61. The normalized spacial score (nSPS) is 19.2. The van der Waals surface area contributed by atoms with E-state index in [1.54, 1.807) is 12.0 Å². The van der Waals surface area contributed by atoms with Crippen LogP contribution in [0.5, 0.6) is 0 Å². The third kappa shape index (κ3) is 2.59. The molecule has 4 nitrogen and oxygen atoms in total. The van der Waals surface area contributed by atoms with Gasteiger partial charge in [-0.3, -0.25) is 4.99 Å². The lowest BCUT2D eigenvalue weighted by atomic mass is 10.1. The Kier molecular flexibility index (Phi) is 3.76. The molecular formula is C12H15F2N3O. The fourth-order valence-corrected chi connectivity index (χ4v) is 2.04. The smallest absolute Gasteiger partial charge is 0.192 e. The van der Waals surface area contributed by atoms with E-state index in [-0.39, 0.29) is 6.04 Å². The van der Waals surface area contributed by atoms with Crippen molar-refractivity contribution in [1.29, 1.82) is 0 Å². The molecule has 1 aromatic carbocycles. The van der Waals surface area contributed by atoms with Crippen molar-refractivity contribution in [1.82, 2.24) is 4.90 Å². The summed E-state index contributed by atoms with van der Waals surface area (Å²) in [7, 11) is 1.58. The Morgan fingerprint density at radius 1 is 1.39 bits per heavy atom. The van der Waals surface area contributed by atoms with E-state index in [4.69, 9.17) is 10.5 Å². The summed E-state index contributed by atoms with van der Waals surface area (Å²) in [6, 6.07) is 3.23. The first-order valence-electron chi connectivity index (χ1n) is 5.63. The Morgan fingerprint density at radius 3 is 2.67 bits per heavy atom. The molecule has 0 bridgehead atoms. The molecule has 0 saturated carbocycles. The molecule has 0 fully saturated rings. The van der Waals surface area contributed by atoms with Gasteiger partial charge < -0.3 is 15.4 Å². The molecule has 0 radical (unpaired) electrons. The Labute approximate surface area is 104 Å². The molecule has 0 aromatic heterocycles. The minimum Gasteiger partial charge on any atom is -0.383 e. The molecule has 0 spiro atoms. The number of ether oxygens (including phenoxy) is 1. The summed E-state index contributed by atoms with van der Waals surface area (Å²) in [5, 5.41) is 0. The lowest BCUT2D eigenvalue weighted by Crippen LogP contribution is -2.38. The molecule has 1 unspecified atom stereocenters. The predicted molar refractivity (Wildman–Crippen MR) is 64.2 cm³/mol. The highest BCUT2D eigenvalue weighted by Gasteiger charge is 2.27. The van der Waals surface area contributed by atoms with Crippen molar-refractivity contribution < 1.29 is 13.5 Å². The van der Waals surface area contributed by atoms with Crippen LogP contribution in [0.25, 0.3) is 0 Å². The molecule has 1 aromatic rings. The van der Waals surface area contributed by atoms with E-state index in [9.17, 15) is 8.78 Å². The summed E-state index contributed by atoms with van der Waals surface area (Å²) in [5.74, 6) is -0.814. The quantitative estimate of drug-likeness (QED) is 0.881. The van der Waals surface area contributed by atoms with Gasteiger partial charge in [-0.05, 0) is 17.7 Å². The van der Waals surface area contributed by atoms with Gasteiger partial charge in [-0.2, -0.15) is 0 Å². The Hall–Kier alpha value is -1.69. The molecule has 0 amide bonds. The van der Waals surface area contributed by atoms with Crippen molar-refractivity contribution in [3.05, 3.63) is 35.4 Å². The number of methoxy groups -OCH3 is 1. The second-order valence-corrected chi connectivity index (χ2v) is 4.10. The summed E-state index contributed by atoms with van der Waals surface area (Å²) >= 11 is 0. The van der Waals surface area contributed by atoms with E-state index in [0.717, 1.165) is 6.07 Å². The summed E-state index contributed by atoms with van der Waals surface area (Å²) in [6.45, 7) is 1.41. The SMILES string of the molecule is COCCN1C(N)=NCC1c1cc(F)cc(F)c1. The molecule has 1 aliphatic rings. The molecule has 1 atom stereocenters. The van der Waals surface area contributed by atoms with Gasteiger partial charge in [-0.25, -0.2) is 8.78 Å². The fraction of sp³-hybridized carbons (Fsp3) is 0.417. The third-order valence-corrected chi connectivity index (χ3v) is 2.90. The lowest BCUT2D eigenvalue weighted by molar-refractivity contribution is 0.166. The second-order valence-electron chi connectivity index (χ2n) is 4.10. The maximum absolute atomic E-state index is 13.2. The zero-order valence-corrected chi connectivity index (χ0v) is 10.1. The highest BCUT2D eigenvalue weighted by Crippen LogP contribution is 2.26. The third-order valence-electron chi connectivity index (χ3n) is 2.90. The zero-order valence-electron chi connectivity index (χ0n) is 10.1. The number of rotatable bonds is 4. The lowest BCUT2D eigenvalue weighted by Gasteiger charge is -2.26. The van der Waals surface area contributed by atoms with E-state index in [2.05, 4.69) is 4.99 Å². The highest BCUT2D eigenvalue weighted by atomic mass is 19.1. The van der Waals surface area contributed by atoms with Gasteiger partial charge in [0.2, 0.25) is 0 Å². The molecule has 18 heavy (non-hydrogen) atoms. The van der Waals surface area contributed by atoms with Crippen molar-refractivity contribution in [2.24, 2.45) is 10.7 Å². The van der Waals surface area contributed by atoms with Gasteiger partial charge >= 0.3 is 0 Å². The average molecular weight is 255 g/mol. The first-order valence-corrected chi connectivity index (χ1v) is 5.63. The average Bonchev–Trinajstić information content (AvgIpc) is 2.67. The van der Waals surface area contributed by atoms with Crippen molar-refractivity contribution in [2.75, 3.05) is 26.8 Å². The Balaban J connectivity index is 2.21. The molecule has 2 N–H and O–H groups in total. The number of hydrogen-bond donors (Lipinski definition) is 1. The number of nitrogens with zero attached hydrogens (tertiary/aromatic N) is 2. The van der Waals surface area contributed by atoms with Crippen molar-refractivity contribution in [3.8, 4) is 0 Å². The van der Waals surface area contributed by atoms with Gasteiger partial charge in [0.05, 0.1) is 19.2 Å². The Bertz CT molecular complexity index is 444. The van der Waals surface area contributed by atoms with Gasteiger partial charge in [0, 0.05) is 19.7 Å². The minimum absolute atomic E-state index is 0.231. The van der Waals surface area contributed by atoms with E-state index in [0.29, 0.717) is 31.2 Å². The van der Waals surface area contributed by atoms with Crippen LogP contribution in [0.15, 0.2) is 23.2 Å². The van der Waals surface area contributed by atoms with Gasteiger partial charge in [-0.1, -0.05) is 0 Å².